The first kappa shape index (κ1) is 19.5. The number of rotatable bonds is 7. The van der Waals surface area contributed by atoms with Crippen molar-refractivity contribution in [3.8, 4) is 0 Å². The molecule has 154 valence electrons. The molecule has 2 aromatic heterocycles. The largest absolute Gasteiger partial charge is 0.468 e. The number of carbonyl (C=O) groups excluding carboxylic acids is 2. The number of imide groups is 1. The minimum absolute atomic E-state index is 0.236. The summed E-state index contributed by atoms with van der Waals surface area (Å²) >= 11 is 1.35. The molecule has 0 saturated carbocycles. The van der Waals surface area contributed by atoms with Crippen molar-refractivity contribution in [1.29, 1.82) is 0 Å². The molecule has 0 spiro atoms. The molecule has 2 aromatic carbocycles. The number of para-hydroxylation sites is 1. The maximum atomic E-state index is 13.3. The second kappa shape index (κ2) is 8.32. The van der Waals surface area contributed by atoms with Gasteiger partial charge in [-0.3, -0.25) is 14.5 Å². The molecule has 0 atom stereocenters. The molecule has 2 amide bonds. The normalized spacial score (nSPS) is 14.3. The van der Waals surface area contributed by atoms with E-state index < -0.39 is 0 Å². The summed E-state index contributed by atoms with van der Waals surface area (Å²) in [5.74, 6) is 0.786. The molecule has 0 unspecified atom stereocenters. The zero-order chi connectivity index (χ0) is 21.2. The van der Waals surface area contributed by atoms with E-state index in [1.807, 2.05) is 72.9 Å². The molecule has 4 aromatic rings. The lowest BCUT2D eigenvalue weighted by atomic mass is 10.1. The smallest absolute Gasteiger partial charge is 0.268 e. The monoisotopic (exact) mass is 428 g/mol. The molecule has 3 heterocycles. The first-order valence-electron chi connectivity index (χ1n) is 10.1. The van der Waals surface area contributed by atoms with E-state index in [0.29, 0.717) is 29.2 Å². The Bertz CT molecular complexity index is 1270. The Morgan fingerprint density at radius 3 is 2.52 bits per heavy atom. The lowest BCUT2D eigenvalue weighted by molar-refractivity contribution is -0.136. The molecule has 0 aliphatic carbocycles. The average molecular weight is 429 g/mol. The fourth-order valence-corrected chi connectivity index (χ4v) is 4.89. The zero-order valence-electron chi connectivity index (χ0n) is 16.7. The summed E-state index contributed by atoms with van der Waals surface area (Å²) in [6.45, 7) is 0.334. The SMILES string of the molecule is O=C1C(SCc2ccco2)=C(c2ccccc2)C(=O)N1CCc1c[nH]c2ccccc12. The highest BCUT2D eigenvalue weighted by Gasteiger charge is 2.39. The second-order valence-electron chi connectivity index (χ2n) is 7.31. The van der Waals surface area contributed by atoms with Gasteiger partial charge in [0.1, 0.15) is 5.76 Å². The van der Waals surface area contributed by atoms with Crippen LogP contribution in [0.4, 0.5) is 0 Å². The summed E-state index contributed by atoms with van der Waals surface area (Å²) in [4.78, 5) is 31.7. The Morgan fingerprint density at radius 1 is 0.903 bits per heavy atom. The fraction of sp³-hybridized carbons (Fsp3) is 0.120. The van der Waals surface area contributed by atoms with Gasteiger partial charge in [-0.2, -0.15) is 0 Å². The molecular formula is C25H20N2O3S. The van der Waals surface area contributed by atoms with E-state index in [1.54, 1.807) is 6.26 Å². The minimum Gasteiger partial charge on any atom is -0.468 e. The Kier molecular flexibility index (Phi) is 5.22. The van der Waals surface area contributed by atoms with Crippen LogP contribution in [0.5, 0.6) is 0 Å². The van der Waals surface area contributed by atoms with Crippen LogP contribution in [0.2, 0.25) is 0 Å². The van der Waals surface area contributed by atoms with E-state index in [4.69, 9.17) is 4.42 Å². The predicted molar refractivity (Wildman–Crippen MR) is 122 cm³/mol. The van der Waals surface area contributed by atoms with E-state index in [-0.39, 0.29) is 11.8 Å². The number of H-pyrrole nitrogens is 1. The summed E-state index contributed by atoms with van der Waals surface area (Å²) in [5, 5.41) is 1.12. The first-order chi connectivity index (χ1) is 15.2. The third-order valence-corrected chi connectivity index (χ3v) is 6.50. The van der Waals surface area contributed by atoms with E-state index in [2.05, 4.69) is 4.98 Å². The van der Waals surface area contributed by atoms with Crippen LogP contribution in [0.1, 0.15) is 16.9 Å². The number of furan rings is 1. The summed E-state index contributed by atoms with van der Waals surface area (Å²) in [7, 11) is 0. The number of hydrogen-bond donors (Lipinski definition) is 1. The molecule has 1 aliphatic heterocycles. The standard InChI is InChI=1S/C25H20N2O3S/c28-24-22(17-7-2-1-3-8-17)23(31-16-19-9-6-14-30-19)25(29)27(24)13-12-18-15-26-21-11-5-4-10-20(18)21/h1-11,14-15,26H,12-13,16H2. The summed E-state index contributed by atoms with van der Waals surface area (Å²) in [5.41, 5.74) is 3.38. The quantitative estimate of drug-likeness (QED) is 0.420. The number of nitrogens with one attached hydrogen (secondary N) is 1. The predicted octanol–water partition coefficient (Wildman–Crippen LogP) is 5.02. The van der Waals surface area contributed by atoms with Crippen LogP contribution in [0.25, 0.3) is 16.5 Å². The second-order valence-corrected chi connectivity index (χ2v) is 8.30. The molecule has 0 bridgehead atoms. The number of thioether (sulfide) groups is 1. The van der Waals surface area contributed by atoms with Crippen LogP contribution in [0.3, 0.4) is 0 Å². The zero-order valence-corrected chi connectivity index (χ0v) is 17.5. The van der Waals surface area contributed by atoms with Crippen LogP contribution in [-0.2, 0) is 21.8 Å². The number of benzene rings is 2. The van der Waals surface area contributed by atoms with Crippen molar-refractivity contribution in [2.24, 2.45) is 0 Å². The van der Waals surface area contributed by atoms with E-state index in [0.717, 1.165) is 27.8 Å². The van der Waals surface area contributed by atoms with Gasteiger partial charge in [0.05, 0.1) is 22.5 Å². The number of nitrogens with zero attached hydrogens (tertiary/aromatic N) is 1. The number of amides is 2. The van der Waals surface area contributed by atoms with Crippen LogP contribution >= 0.6 is 11.8 Å². The van der Waals surface area contributed by atoms with Crippen molar-refractivity contribution in [2.75, 3.05) is 6.54 Å². The Morgan fingerprint density at radius 2 is 1.71 bits per heavy atom. The van der Waals surface area contributed by atoms with E-state index >= 15 is 0 Å². The summed E-state index contributed by atoms with van der Waals surface area (Å²) in [6, 6.07) is 21.1. The fourth-order valence-electron chi connectivity index (χ4n) is 3.86. The summed E-state index contributed by atoms with van der Waals surface area (Å²) < 4.78 is 5.40. The lowest BCUT2D eigenvalue weighted by Crippen LogP contribution is -2.33. The Hall–Kier alpha value is -3.51. The van der Waals surface area contributed by atoms with Crippen molar-refractivity contribution in [1.82, 2.24) is 9.88 Å². The molecular weight excluding hydrogens is 408 g/mol. The lowest BCUT2D eigenvalue weighted by Gasteiger charge is -2.15. The van der Waals surface area contributed by atoms with Gasteiger partial charge in [-0.25, -0.2) is 0 Å². The molecule has 5 nitrogen and oxygen atoms in total. The van der Waals surface area contributed by atoms with E-state index in [1.165, 1.54) is 16.7 Å². The average Bonchev–Trinajstić information content (AvgIpc) is 3.51. The van der Waals surface area contributed by atoms with Crippen LogP contribution in [0.15, 0.2) is 88.5 Å². The maximum absolute atomic E-state index is 13.3. The van der Waals surface area contributed by atoms with Gasteiger partial charge in [-0.15, -0.1) is 11.8 Å². The third-order valence-electron chi connectivity index (χ3n) is 5.41. The maximum Gasteiger partial charge on any atom is 0.268 e. The highest BCUT2D eigenvalue weighted by molar-refractivity contribution is 8.03. The van der Waals surface area contributed by atoms with Crippen LogP contribution in [-0.4, -0.2) is 28.2 Å². The highest BCUT2D eigenvalue weighted by atomic mass is 32.2. The third kappa shape index (κ3) is 3.70. The van der Waals surface area contributed by atoms with Crippen molar-refractivity contribution in [2.45, 2.75) is 12.2 Å². The Balaban J connectivity index is 1.41. The number of aromatic nitrogens is 1. The number of hydrogen-bond acceptors (Lipinski definition) is 4. The molecule has 5 rings (SSSR count). The van der Waals surface area contributed by atoms with Gasteiger partial charge in [0.25, 0.3) is 11.8 Å². The number of fused-ring (bicyclic) bond motifs is 1. The van der Waals surface area contributed by atoms with Crippen molar-refractivity contribution in [3.63, 3.8) is 0 Å². The van der Waals surface area contributed by atoms with Crippen molar-refractivity contribution >= 4 is 40.1 Å². The topological polar surface area (TPSA) is 66.3 Å². The number of carbonyl (C=O) groups is 2. The summed E-state index contributed by atoms with van der Waals surface area (Å²) in [6.07, 6.45) is 4.16. The Labute approximate surface area is 183 Å². The highest BCUT2D eigenvalue weighted by Crippen LogP contribution is 2.37. The van der Waals surface area contributed by atoms with Gasteiger partial charge in [-0.1, -0.05) is 48.5 Å². The molecule has 1 aliphatic rings. The first-order valence-corrected chi connectivity index (χ1v) is 11.1. The van der Waals surface area contributed by atoms with Gasteiger partial charge in [0, 0.05) is 23.6 Å². The molecule has 0 saturated heterocycles. The van der Waals surface area contributed by atoms with E-state index in [9.17, 15) is 9.59 Å². The van der Waals surface area contributed by atoms with Gasteiger partial charge in [0.15, 0.2) is 0 Å². The van der Waals surface area contributed by atoms with Gasteiger partial charge in [0.2, 0.25) is 0 Å². The van der Waals surface area contributed by atoms with Gasteiger partial charge < -0.3 is 9.40 Å². The van der Waals surface area contributed by atoms with Crippen molar-refractivity contribution < 1.29 is 14.0 Å². The molecule has 31 heavy (non-hydrogen) atoms. The molecule has 1 N–H and O–H groups in total. The molecule has 0 fully saturated rings. The van der Waals surface area contributed by atoms with Gasteiger partial charge in [-0.05, 0) is 35.7 Å². The minimum atomic E-state index is -0.238. The van der Waals surface area contributed by atoms with Crippen molar-refractivity contribution in [3.05, 3.63) is 101 Å². The number of aromatic amines is 1. The van der Waals surface area contributed by atoms with Crippen LogP contribution < -0.4 is 0 Å². The molecule has 0 radical (unpaired) electrons. The van der Waals surface area contributed by atoms with Crippen LogP contribution in [0, 0.1) is 0 Å². The van der Waals surface area contributed by atoms with Gasteiger partial charge >= 0.3 is 0 Å². The molecule has 6 heteroatoms.